The minimum atomic E-state index is -0.427. The van der Waals surface area contributed by atoms with Crippen molar-refractivity contribution in [1.29, 1.82) is 0 Å². The third kappa shape index (κ3) is 6.24. The Morgan fingerprint density at radius 3 is 2.32 bits per heavy atom. The highest BCUT2D eigenvalue weighted by Gasteiger charge is 2.13. The Morgan fingerprint density at radius 1 is 0.929 bits per heavy atom. The number of rotatable bonds is 7. The van der Waals surface area contributed by atoms with Gasteiger partial charge < -0.3 is 9.47 Å². The number of nitrogens with one attached hydrogen (secondary N) is 3. The van der Waals surface area contributed by atoms with Crippen molar-refractivity contribution < 1.29 is 19.1 Å². The Balaban J connectivity index is 1.88. The van der Waals surface area contributed by atoms with Crippen LogP contribution in [0.25, 0.3) is 0 Å². The van der Waals surface area contributed by atoms with E-state index in [0.29, 0.717) is 35.8 Å². The lowest BCUT2D eigenvalue weighted by atomic mass is 10.2. The van der Waals surface area contributed by atoms with Gasteiger partial charge in [-0.05, 0) is 62.0 Å². The van der Waals surface area contributed by atoms with Gasteiger partial charge >= 0.3 is 0 Å². The van der Waals surface area contributed by atoms with E-state index in [4.69, 9.17) is 21.7 Å². The number of benzene rings is 2. The standard InChI is InChI=1S/C20H23N3O4S/c1-3-13-27-17-8-6-5-7-16(17)19(25)22-23-20(28)21-18(24)14-9-11-15(12-10-14)26-4-2/h5-12H,3-4,13H2,1-2H3,(H,22,25)(H2,21,23,24,28). The van der Waals surface area contributed by atoms with Gasteiger partial charge in [0.15, 0.2) is 5.11 Å². The molecule has 28 heavy (non-hydrogen) atoms. The third-order valence-electron chi connectivity index (χ3n) is 3.54. The van der Waals surface area contributed by atoms with Crippen LogP contribution in [0, 0.1) is 0 Å². The topological polar surface area (TPSA) is 88.7 Å². The first kappa shape index (κ1) is 21.2. The van der Waals surface area contributed by atoms with Crippen LogP contribution in [-0.2, 0) is 0 Å². The van der Waals surface area contributed by atoms with E-state index in [-0.39, 0.29) is 5.11 Å². The number of carbonyl (C=O) groups excluding carboxylic acids is 2. The summed E-state index contributed by atoms with van der Waals surface area (Å²) >= 11 is 5.06. The first-order valence-corrected chi connectivity index (χ1v) is 9.32. The minimum absolute atomic E-state index is 0.0285. The Labute approximate surface area is 169 Å². The average molecular weight is 401 g/mol. The SMILES string of the molecule is CCCOc1ccccc1C(=O)NNC(=S)NC(=O)c1ccc(OCC)cc1. The Hall–Kier alpha value is -3.13. The minimum Gasteiger partial charge on any atom is -0.494 e. The van der Waals surface area contributed by atoms with E-state index >= 15 is 0 Å². The van der Waals surface area contributed by atoms with Crippen LogP contribution in [0.5, 0.6) is 11.5 Å². The van der Waals surface area contributed by atoms with Gasteiger partial charge in [0.1, 0.15) is 11.5 Å². The second-order valence-corrected chi connectivity index (χ2v) is 6.07. The number of hydrogen-bond donors (Lipinski definition) is 3. The van der Waals surface area contributed by atoms with E-state index < -0.39 is 11.8 Å². The molecule has 0 aliphatic rings. The summed E-state index contributed by atoms with van der Waals surface area (Å²) in [5, 5.41) is 2.47. The van der Waals surface area contributed by atoms with Crippen LogP contribution in [0.1, 0.15) is 41.0 Å². The molecule has 0 heterocycles. The fraction of sp³-hybridized carbons (Fsp3) is 0.250. The van der Waals surface area contributed by atoms with E-state index in [9.17, 15) is 9.59 Å². The molecular weight excluding hydrogens is 378 g/mol. The number of hydrogen-bond acceptors (Lipinski definition) is 5. The first-order valence-electron chi connectivity index (χ1n) is 8.91. The van der Waals surface area contributed by atoms with E-state index in [2.05, 4.69) is 16.2 Å². The number of amides is 2. The smallest absolute Gasteiger partial charge is 0.273 e. The molecule has 0 aliphatic heterocycles. The fourth-order valence-electron chi connectivity index (χ4n) is 2.25. The van der Waals surface area contributed by atoms with Crippen molar-refractivity contribution in [1.82, 2.24) is 16.2 Å². The van der Waals surface area contributed by atoms with Crippen LogP contribution < -0.4 is 25.6 Å². The molecule has 0 atom stereocenters. The van der Waals surface area contributed by atoms with Gasteiger partial charge in [0.25, 0.3) is 11.8 Å². The van der Waals surface area contributed by atoms with Crippen molar-refractivity contribution in [2.75, 3.05) is 13.2 Å². The van der Waals surface area contributed by atoms with Gasteiger partial charge in [-0.15, -0.1) is 0 Å². The van der Waals surface area contributed by atoms with E-state index in [1.54, 1.807) is 48.5 Å². The summed E-state index contributed by atoms with van der Waals surface area (Å²) in [6, 6.07) is 13.5. The molecule has 0 unspecified atom stereocenters. The van der Waals surface area contributed by atoms with Crippen LogP contribution in [0.15, 0.2) is 48.5 Å². The molecule has 0 saturated carbocycles. The molecular formula is C20H23N3O4S. The number of ether oxygens (including phenoxy) is 2. The lowest BCUT2D eigenvalue weighted by Gasteiger charge is -2.13. The summed E-state index contributed by atoms with van der Waals surface area (Å²) in [5.74, 6) is 0.329. The lowest BCUT2D eigenvalue weighted by molar-refractivity contribution is 0.0931. The highest BCUT2D eigenvalue weighted by molar-refractivity contribution is 7.80. The van der Waals surface area contributed by atoms with Crippen molar-refractivity contribution in [3.63, 3.8) is 0 Å². The Bertz CT molecular complexity index is 824. The number of thiocarbonyl (C=S) groups is 1. The van der Waals surface area contributed by atoms with Crippen LogP contribution in [0.2, 0.25) is 0 Å². The molecule has 0 saturated heterocycles. The number of hydrazine groups is 1. The molecule has 2 rings (SSSR count). The largest absolute Gasteiger partial charge is 0.494 e. The molecule has 7 nitrogen and oxygen atoms in total. The quantitative estimate of drug-likeness (QED) is 0.488. The average Bonchev–Trinajstić information content (AvgIpc) is 2.71. The monoisotopic (exact) mass is 401 g/mol. The third-order valence-corrected chi connectivity index (χ3v) is 3.74. The maximum atomic E-state index is 12.3. The van der Waals surface area contributed by atoms with E-state index in [1.807, 2.05) is 13.8 Å². The highest BCUT2D eigenvalue weighted by Crippen LogP contribution is 2.17. The fourth-order valence-corrected chi connectivity index (χ4v) is 2.39. The van der Waals surface area contributed by atoms with Gasteiger partial charge in [-0.1, -0.05) is 19.1 Å². The van der Waals surface area contributed by atoms with Gasteiger partial charge in [-0.2, -0.15) is 0 Å². The van der Waals surface area contributed by atoms with Gasteiger partial charge in [0.2, 0.25) is 0 Å². The molecule has 0 fully saturated rings. The maximum Gasteiger partial charge on any atom is 0.273 e. The van der Waals surface area contributed by atoms with Crippen molar-refractivity contribution in [2.24, 2.45) is 0 Å². The summed E-state index contributed by atoms with van der Waals surface area (Å²) in [6.07, 6.45) is 0.829. The van der Waals surface area contributed by atoms with Gasteiger partial charge in [0.05, 0.1) is 18.8 Å². The normalized spacial score (nSPS) is 9.93. The first-order chi connectivity index (χ1) is 13.5. The molecule has 2 aromatic rings. The van der Waals surface area contributed by atoms with E-state index in [1.165, 1.54) is 0 Å². The second-order valence-electron chi connectivity index (χ2n) is 5.66. The number of para-hydroxylation sites is 1. The summed E-state index contributed by atoms with van der Waals surface area (Å²) < 4.78 is 10.9. The summed E-state index contributed by atoms with van der Waals surface area (Å²) in [4.78, 5) is 24.5. The van der Waals surface area contributed by atoms with Crippen LogP contribution in [-0.4, -0.2) is 30.1 Å². The zero-order chi connectivity index (χ0) is 20.4. The van der Waals surface area contributed by atoms with Crippen molar-refractivity contribution in [3.05, 3.63) is 59.7 Å². The van der Waals surface area contributed by atoms with Crippen LogP contribution in [0.4, 0.5) is 0 Å². The molecule has 148 valence electrons. The molecule has 3 N–H and O–H groups in total. The second kappa shape index (κ2) is 10.9. The molecule has 2 amide bonds. The molecule has 0 bridgehead atoms. The van der Waals surface area contributed by atoms with Crippen molar-refractivity contribution in [2.45, 2.75) is 20.3 Å². The highest BCUT2D eigenvalue weighted by atomic mass is 32.1. The zero-order valence-corrected chi connectivity index (χ0v) is 16.6. The predicted molar refractivity (Wildman–Crippen MR) is 111 cm³/mol. The lowest BCUT2D eigenvalue weighted by Crippen LogP contribution is -2.48. The predicted octanol–water partition coefficient (Wildman–Crippen LogP) is 2.82. The summed E-state index contributed by atoms with van der Waals surface area (Å²) in [5.41, 5.74) is 5.75. The summed E-state index contributed by atoms with van der Waals surface area (Å²) in [7, 11) is 0. The molecule has 0 aromatic heterocycles. The molecule has 2 aromatic carbocycles. The van der Waals surface area contributed by atoms with E-state index in [0.717, 1.165) is 6.42 Å². The van der Waals surface area contributed by atoms with Gasteiger partial charge in [-0.3, -0.25) is 25.8 Å². The maximum absolute atomic E-state index is 12.3. The van der Waals surface area contributed by atoms with Gasteiger partial charge in [0, 0.05) is 5.56 Å². The Morgan fingerprint density at radius 2 is 1.64 bits per heavy atom. The van der Waals surface area contributed by atoms with Crippen LogP contribution in [0.3, 0.4) is 0 Å². The van der Waals surface area contributed by atoms with Crippen molar-refractivity contribution in [3.8, 4) is 11.5 Å². The number of carbonyl (C=O) groups is 2. The van der Waals surface area contributed by atoms with Gasteiger partial charge in [-0.25, -0.2) is 0 Å². The molecule has 0 radical (unpaired) electrons. The molecule has 0 spiro atoms. The summed E-state index contributed by atoms with van der Waals surface area (Å²) in [6.45, 7) is 4.92. The molecule has 0 aliphatic carbocycles. The van der Waals surface area contributed by atoms with Crippen molar-refractivity contribution >= 4 is 29.1 Å². The Kier molecular flexibility index (Phi) is 8.23. The zero-order valence-electron chi connectivity index (χ0n) is 15.8. The van der Waals surface area contributed by atoms with Crippen LogP contribution >= 0.6 is 12.2 Å². The molecule has 8 heteroatoms.